The molecule has 2 amide bonds. The van der Waals surface area contributed by atoms with Crippen molar-refractivity contribution in [3.05, 3.63) is 34.6 Å². The molecule has 6 nitrogen and oxygen atoms in total. The van der Waals surface area contributed by atoms with E-state index in [0.29, 0.717) is 0 Å². The largest absolute Gasteiger partial charge is 0.444 e. The van der Waals surface area contributed by atoms with Crippen LogP contribution in [0.15, 0.2) is 18.2 Å². The van der Waals surface area contributed by atoms with Crippen LogP contribution in [-0.4, -0.2) is 58.2 Å². The van der Waals surface area contributed by atoms with Gasteiger partial charge >= 0.3 is 6.09 Å². The van der Waals surface area contributed by atoms with Gasteiger partial charge in [0.25, 0.3) is 0 Å². The molecular formula is C18H24ClFN2O4. The molecule has 0 aromatic heterocycles. The van der Waals surface area contributed by atoms with Crippen molar-refractivity contribution in [1.29, 1.82) is 0 Å². The van der Waals surface area contributed by atoms with Crippen LogP contribution in [0.3, 0.4) is 0 Å². The summed E-state index contributed by atoms with van der Waals surface area (Å²) in [5.74, 6) is -0.917. The number of aliphatic hydroxyl groups is 1. The van der Waals surface area contributed by atoms with Gasteiger partial charge in [-0.15, -0.1) is 0 Å². The topological polar surface area (TPSA) is 70.1 Å². The molecule has 1 aliphatic rings. The molecule has 0 aliphatic carbocycles. The van der Waals surface area contributed by atoms with Crippen molar-refractivity contribution in [2.45, 2.75) is 51.5 Å². The first-order chi connectivity index (χ1) is 12.0. The molecule has 1 aromatic carbocycles. The van der Waals surface area contributed by atoms with E-state index in [9.17, 15) is 19.1 Å². The van der Waals surface area contributed by atoms with E-state index in [1.165, 1.54) is 29.0 Å². The number of benzene rings is 1. The second kappa shape index (κ2) is 7.80. The number of amides is 2. The SMILES string of the molecule is CN(Cc1c(F)cccc1Cl)C(=O)[C@@H]1C[C@@H](O)CN1C(=O)OC(C)(C)C. The molecule has 2 rings (SSSR count). The number of likely N-dealkylation sites (N-methyl/N-ethyl adjacent to an activating group) is 1. The van der Waals surface area contributed by atoms with Crippen LogP contribution in [0.5, 0.6) is 0 Å². The van der Waals surface area contributed by atoms with Crippen molar-refractivity contribution in [2.75, 3.05) is 13.6 Å². The third-order valence-corrected chi connectivity index (χ3v) is 4.38. The summed E-state index contributed by atoms with van der Waals surface area (Å²) in [4.78, 5) is 27.7. The first-order valence-electron chi connectivity index (χ1n) is 8.35. The van der Waals surface area contributed by atoms with E-state index >= 15 is 0 Å². The van der Waals surface area contributed by atoms with Gasteiger partial charge in [0.1, 0.15) is 17.5 Å². The van der Waals surface area contributed by atoms with Crippen LogP contribution in [0.1, 0.15) is 32.8 Å². The summed E-state index contributed by atoms with van der Waals surface area (Å²) in [5, 5.41) is 10.1. The first-order valence-corrected chi connectivity index (χ1v) is 8.73. The number of nitrogens with zero attached hydrogens (tertiary/aromatic N) is 2. The standard InChI is InChI=1S/C18H24ClFN2O4/c1-18(2,3)26-17(25)22-9-11(23)8-15(22)16(24)21(4)10-12-13(19)6-5-7-14(12)20/h5-7,11,15,23H,8-10H2,1-4H3/t11-,15+/m1/s1. The van der Waals surface area contributed by atoms with Crippen molar-refractivity contribution in [1.82, 2.24) is 9.80 Å². The van der Waals surface area contributed by atoms with Crippen LogP contribution >= 0.6 is 11.6 Å². The predicted molar refractivity (Wildman–Crippen MR) is 95.2 cm³/mol. The third kappa shape index (κ3) is 4.86. The summed E-state index contributed by atoms with van der Waals surface area (Å²) in [6.07, 6.45) is -1.38. The number of carbonyl (C=O) groups excluding carboxylic acids is 2. The van der Waals surface area contributed by atoms with Crippen molar-refractivity contribution < 1.29 is 23.8 Å². The normalized spacial score (nSPS) is 20.2. The van der Waals surface area contributed by atoms with E-state index in [1.807, 2.05) is 0 Å². The van der Waals surface area contributed by atoms with E-state index in [0.717, 1.165) is 0 Å². The van der Waals surface area contributed by atoms with E-state index in [4.69, 9.17) is 16.3 Å². The second-order valence-electron chi connectivity index (χ2n) is 7.43. The Kier molecular flexibility index (Phi) is 6.13. The molecule has 144 valence electrons. The molecule has 2 atom stereocenters. The number of halogens is 2. The fourth-order valence-electron chi connectivity index (χ4n) is 2.82. The lowest BCUT2D eigenvalue weighted by molar-refractivity contribution is -0.135. The van der Waals surface area contributed by atoms with Gasteiger partial charge in [-0.2, -0.15) is 0 Å². The van der Waals surface area contributed by atoms with Crippen LogP contribution in [0, 0.1) is 5.82 Å². The molecule has 0 radical (unpaired) electrons. The highest BCUT2D eigenvalue weighted by molar-refractivity contribution is 6.31. The minimum Gasteiger partial charge on any atom is -0.444 e. The Morgan fingerprint density at radius 1 is 1.42 bits per heavy atom. The van der Waals surface area contributed by atoms with Gasteiger partial charge in [-0.25, -0.2) is 9.18 Å². The number of carbonyl (C=O) groups is 2. The molecule has 0 saturated carbocycles. The van der Waals surface area contributed by atoms with Crippen molar-refractivity contribution in [3.63, 3.8) is 0 Å². The Labute approximate surface area is 157 Å². The van der Waals surface area contributed by atoms with Gasteiger partial charge in [0, 0.05) is 30.6 Å². The van der Waals surface area contributed by atoms with E-state index in [-0.39, 0.29) is 30.1 Å². The third-order valence-electron chi connectivity index (χ3n) is 4.03. The Morgan fingerprint density at radius 2 is 2.08 bits per heavy atom. The lowest BCUT2D eigenvalue weighted by atomic mass is 10.1. The van der Waals surface area contributed by atoms with E-state index < -0.39 is 35.6 Å². The molecular weight excluding hydrogens is 363 g/mol. The lowest BCUT2D eigenvalue weighted by Gasteiger charge is -2.30. The summed E-state index contributed by atoms with van der Waals surface area (Å²) < 4.78 is 19.3. The molecule has 1 aliphatic heterocycles. The van der Waals surface area contributed by atoms with E-state index in [1.54, 1.807) is 26.8 Å². The van der Waals surface area contributed by atoms with Gasteiger partial charge in [-0.3, -0.25) is 9.69 Å². The first kappa shape index (κ1) is 20.5. The molecule has 1 N–H and O–H groups in total. The fraction of sp³-hybridized carbons (Fsp3) is 0.556. The van der Waals surface area contributed by atoms with E-state index in [2.05, 4.69) is 0 Å². The molecule has 26 heavy (non-hydrogen) atoms. The quantitative estimate of drug-likeness (QED) is 0.867. The van der Waals surface area contributed by atoms with Crippen molar-refractivity contribution in [2.24, 2.45) is 0 Å². The molecule has 1 aromatic rings. The monoisotopic (exact) mass is 386 g/mol. The number of hydrogen-bond acceptors (Lipinski definition) is 4. The highest BCUT2D eigenvalue weighted by Crippen LogP contribution is 2.25. The van der Waals surface area contributed by atoms with Gasteiger partial charge in [0.2, 0.25) is 5.91 Å². The zero-order valence-corrected chi connectivity index (χ0v) is 16.1. The number of aliphatic hydroxyl groups excluding tert-OH is 1. The number of β-amino-alcohol motifs (C(OH)–C–C–N with tert-alkyl or cyclic N) is 1. The summed E-state index contributed by atoms with van der Waals surface area (Å²) in [5.41, 5.74) is -0.516. The zero-order valence-electron chi connectivity index (χ0n) is 15.3. The van der Waals surface area contributed by atoms with Gasteiger partial charge in [-0.1, -0.05) is 17.7 Å². The molecule has 0 spiro atoms. The summed E-state index contributed by atoms with van der Waals surface area (Å²) in [6.45, 7) is 5.14. The Bertz CT molecular complexity index is 672. The second-order valence-corrected chi connectivity index (χ2v) is 7.84. The smallest absolute Gasteiger partial charge is 0.411 e. The maximum absolute atomic E-state index is 14.0. The maximum Gasteiger partial charge on any atom is 0.411 e. The van der Waals surface area contributed by atoms with Gasteiger partial charge in [0.05, 0.1) is 12.6 Å². The average molecular weight is 387 g/mol. The minimum atomic E-state index is -0.865. The highest BCUT2D eigenvalue weighted by Gasteiger charge is 2.42. The Morgan fingerprint density at radius 3 is 2.65 bits per heavy atom. The van der Waals surface area contributed by atoms with Crippen molar-refractivity contribution >= 4 is 23.6 Å². The molecule has 1 saturated heterocycles. The summed E-state index contributed by atoms with van der Waals surface area (Å²) >= 11 is 6.01. The van der Waals surface area contributed by atoms with Crippen molar-refractivity contribution in [3.8, 4) is 0 Å². The van der Waals surface area contributed by atoms with Gasteiger partial charge in [0.15, 0.2) is 0 Å². The summed E-state index contributed by atoms with van der Waals surface area (Å²) in [7, 11) is 1.50. The van der Waals surface area contributed by atoms with Gasteiger partial charge < -0.3 is 14.7 Å². The van der Waals surface area contributed by atoms with Crippen LogP contribution in [0.4, 0.5) is 9.18 Å². The molecule has 1 heterocycles. The lowest BCUT2D eigenvalue weighted by Crippen LogP contribution is -2.48. The molecule has 0 unspecified atom stereocenters. The minimum absolute atomic E-state index is 0.0135. The maximum atomic E-state index is 14.0. The zero-order chi connectivity index (χ0) is 19.6. The number of ether oxygens (including phenoxy) is 1. The molecule has 1 fully saturated rings. The summed E-state index contributed by atoms with van der Waals surface area (Å²) in [6, 6.07) is 3.44. The van der Waals surface area contributed by atoms with Crippen LogP contribution in [-0.2, 0) is 16.1 Å². The average Bonchev–Trinajstić information content (AvgIpc) is 2.90. The number of likely N-dealkylation sites (tertiary alicyclic amines) is 1. The molecule has 8 heteroatoms. The van der Waals surface area contributed by atoms with Gasteiger partial charge in [-0.05, 0) is 32.9 Å². The number of hydrogen-bond donors (Lipinski definition) is 1. The van der Waals surface area contributed by atoms with Crippen LogP contribution in [0.2, 0.25) is 5.02 Å². The van der Waals surface area contributed by atoms with Crippen LogP contribution < -0.4 is 0 Å². The predicted octanol–water partition coefficient (Wildman–Crippen LogP) is 2.81. The van der Waals surface area contributed by atoms with Crippen LogP contribution in [0.25, 0.3) is 0 Å². The Balaban J connectivity index is 2.14. The Hall–Kier alpha value is -1.86. The fourth-order valence-corrected chi connectivity index (χ4v) is 3.05. The number of rotatable bonds is 3. The molecule has 0 bridgehead atoms. The highest BCUT2D eigenvalue weighted by atomic mass is 35.5.